The lowest BCUT2D eigenvalue weighted by Gasteiger charge is -2.43. The molecule has 2 nitrogen and oxygen atoms in total. The van der Waals surface area contributed by atoms with Gasteiger partial charge in [-0.25, -0.2) is 4.39 Å². The van der Waals surface area contributed by atoms with Crippen LogP contribution in [0.2, 0.25) is 0 Å². The van der Waals surface area contributed by atoms with E-state index in [1.54, 1.807) is 0 Å². The molecule has 0 bridgehead atoms. The van der Waals surface area contributed by atoms with E-state index in [-0.39, 0.29) is 17.3 Å². The van der Waals surface area contributed by atoms with Crippen LogP contribution in [0.15, 0.2) is 54.6 Å². The third-order valence-electron chi connectivity index (χ3n) is 3.99. The van der Waals surface area contributed by atoms with Gasteiger partial charge in [-0.2, -0.15) is 0 Å². The number of rotatable bonds is 3. The average molecular weight is 269 g/mol. The molecule has 0 saturated heterocycles. The summed E-state index contributed by atoms with van der Waals surface area (Å²) in [5.41, 5.74) is 1.38. The van der Waals surface area contributed by atoms with Gasteiger partial charge in [-0.15, -0.1) is 0 Å². The average Bonchev–Trinajstić information content (AvgIpc) is 2.44. The van der Waals surface area contributed by atoms with E-state index in [0.717, 1.165) is 24.8 Å². The number of amides is 1. The SMILES string of the molecule is O=C(NC1(c2ccccc2)CCC1)c1ccc(F)cc1. The van der Waals surface area contributed by atoms with Crippen LogP contribution in [0.3, 0.4) is 0 Å². The third kappa shape index (κ3) is 2.31. The summed E-state index contributed by atoms with van der Waals surface area (Å²) in [7, 11) is 0. The molecule has 20 heavy (non-hydrogen) atoms. The molecule has 0 radical (unpaired) electrons. The van der Waals surface area contributed by atoms with Crippen LogP contribution in [0.25, 0.3) is 0 Å². The molecule has 102 valence electrons. The van der Waals surface area contributed by atoms with E-state index in [1.165, 1.54) is 24.3 Å². The molecule has 1 aliphatic carbocycles. The standard InChI is InChI=1S/C17H16FNO/c18-15-9-7-13(8-10-15)16(20)19-17(11-4-12-17)14-5-2-1-3-6-14/h1-3,5-10H,4,11-12H2,(H,19,20). The van der Waals surface area contributed by atoms with E-state index in [1.807, 2.05) is 30.3 Å². The molecule has 0 aliphatic heterocycles. The highest BCUT2D eigenvalue weighted by Gasteiger charge is 2.39. The molecule has 0 unspecified atom stereocenters. The first kappa shape index (κ1) is 12.9. The maximum atomic E-state index is 12.9. The fraction of sp³-hybridized carbons (Fsp3) is 0.235. The van der Waals surface area contributed by atoms with E-state index in [4.69, 9.17) is 0 Å². The monoisotopic (exact) mass is 269 g/mol. The zero-order valence-corrected chi connectivity index (χ0v) is 11.1. The molecule has 1 saturated carbocycles. The molecule has 1 N–H and O–H groups in total. The van der Waals surface area contributed by atoms with Crippen LogP contribution in [-0.4, -0.2) is 5.91 Å². The summed E-state index contributed by atoms with van der Waals surface area (Å²) in [5.74, 6) is -0.475. The van der Waals surface area contributed by atoms with Crippen LogP contribution in [0.4, 0.5) is 4.39 Å². The Labute approximate surface area is 117 Å². The van der Waals surface area contributed by atoms with Gasteiger partial charge in [0.05, 0.1) is 5.54 Å². The lowest BCUT2D eigenvalue weighted by Crippen LogP contribution is -2.50. The molecular weight excluding hydrogens is 253 g/mol. The minimum Gasteiger partial charge on any atom is -0.343 e. The highest BCUT2D eigenvalue weighted by atomic mass is 19.1. The summed E-state index contributed by atoms with van der Waals surface area (Å²) >= 11 is 0. The van der Waals surface area contributed by atoms with Crippen molar-refractivity contribution in [3.05, 3.63) is 71.5 Å². The van der Waals surface area contributed by atoms with Crippen molar-refractivity contribution >= 4 is 5.91 Å². The summed E-state index contributed by atoms with van der Waals surface area (Å²) in [6.45, 7) is 0. The van der Waals surface area contributed by atoms with Crippen LogP contribution in [0, 0.1) is 5.82 Å². The van der Waals surface area contributed by atoms with Crippen molar-refractivity contribution in [2.24, 2.45) is 0 Å². The second-order valence-corrected chi connectivity index (χ2v) is 5.26. The molecule has 3 rings (SSSR count). The van der Waals surface area contributed by atoms with Crippen LogP contribution < -0.4 is 5.32 Å². The van der Waals surface area contributed by atoms with Crippen molar-refractivity contribution in [1.29, 1.82) is 0 Å². The van der Waals surface area contributed by atoms with Gasteiger partial charge in [-0.05, 0) is 49.1 Å². The second-order valence-electron chi connectivity index (χ2n) is 5.26. The summed E-state index contributed by atoms with van der Waals surface area (Å²) in [5, 5.41) is 3.12. The number of halogens is 1. The Bertz CT molecular complexity index is 603. The number of nitrogens with one attached hydrogen (secondary N) is 1. The molecule has 3 heteroatoms. The Kier molecular flexibility index (Phi) is 3.26. The Morgan fingerprint density at radius 1 is 1.00 bits per heavy atom. The fourth-order valence-corrected chi connectivity index (χ4v) is 2.66. The van der Waals surface area contributed by atoms with Gasteiger partial charge in [0.15, 0.2) is 0 Å². The summed E-state index contributed by atoms with van der Waals surface area (Å²) < 4.78 is 12.9. The molecule has 1 fully saturated rings. The third-order valence-corrected chi connectivity index (χ3v) is 3.99. The second kappa shape index (κ2) is 5.08. The Morgan fingerprint density at radius 3 is 2.20 bits per heavy atom. The van der Waals surface area contributed by atoms with Gasteiger partial charge in [-0.3, -0.25) is 4.79 Å². The van der Waals surface area contributed by atoms with Gasteiger partial charge >= 0.3 is 0 Å². The fourth-order valence-electron chi connectivity index (χ4n) is 2.66. The Hall–Kier alpha value is -2.16. The number of benzene rings is 2. The first-order chi connectivity index (χ1) is 9.70. The highest BCUT2D eigenvalue weighted by molar-refractivity contribution is 5.94. The topological polar surface area (TPSA) is 29.1 Å². The lowest BCUT2D eigenvalue weighted by molar-refractivity contribution is 0.0823. The Morgan fingerprint density at radius 2 is 1.65 bits per heavy atom. The molecule has 0 heterocycles. The van der Waals surface area contributed by atoms with Crippen LogP contribution in [0.1, 0.15) is 35.2 Å². The lowest BCUT2D eigenvalue weighted by atomic mass is 9.71. The predicted octanol–water partition coefficient (Wildman–Crippen LogP) is 3.63. The smallest absolute Gasteiger partial charge is 0.251 e. The maximum absolute atomic E-state index is 12.9. The van der Waals surface area contributed by atoms with Crippen molar-refractivity contribution in [3.8, 4) is 0 Å². The zero-order chi connectivity index (χ0) is 14.0. The number of hydrogen-bond acceptors (Lipinski definition) is 1. The van der Waals surface area contributed by atoms with Crippen molar-refractivity contribution in [2.45, 2.75) is 24.8 Å². The molecule has 1 amide bonds. The Balaban J connectivity index is 1.82. The van der Waals surface area contributed by atoms with Crippen molar-refractivity contribution in [2.75, 3.05) is 0 Å². The molecular formula is C17H16FNO. The van der Waals surface area contributed by atoms with E-state index in [2.05, 4.69) is 5.32 Å². The van der Waals surface area contributed by atoms with Crippen LogP contribution in [-0.2, 0) is 5.54 Å². The summed E-state index contributed by atoms with van der Waals surface area (Å²) in [6, 6.07) is 15.7. The van der Waals surface area contributed by atoms with Gasteiger partial charge in [0.25, 0.3) is 5.91 Å². The quantitative estimate of drug-likeness (QED) is 0.905. The van der Waals surface area contributed by atoms with Gasteiger partial charge in [0.2, 0.25) is 0 Å². The zero-order valence-electron chi connectivity index (χ0n) is 11.1. The molecule has 0 atom stereocenters. The van der Waals surface area contributed by atoms with Gasteiger partial charge in [0, 0.05) is 5.56 Å². The normalized spacial score (nSPS) is 16.2. The maximum Gasteiger partial charge on any atom is 0.251 e. The van der Waals surface area contributed by atoms with Crippen molar-refractivity contribution in [1.82, 2.24) is 5.32 Å². The minimum atomic E-state index is -0.331. The number of carbonyl (C=O) groups is 1. The molecule has 0 spiro atoms. The minimum absolute atomic E-state index is 0.145. The first-order valence-electron chi connectivity index (χ1n) is 6.83. The molecule has 2 aromatic rings. The first-order valence-corrected chi connectivity index (χ1v) is 6.83. The molecule has 1 aliphatic rings. The molecule has 0 aromatic heterocycles. The van der Waals surface area contributed by atoms with Gasteiger partial charge in [-0.1, -0.05) is 30.3 Å². The molecule has 2 aromatic carbocycles. The highest BCUT2D eigenvalue weighted by Crippen LogP contribution is 2.41. The van der Waals surface area contributed by atoms with E-state index >= 15 is 0 Å². The van der Waals surface area contributed by atoms with Crippen LogP contribution in [0.5, 0.6) is 0 Å². The van der Waals surface area contributed by atoms with Crippen molar-refractivity contribution in [3.63, 3.8) is 0 Å². The van der Waals surface area contributed by atoms with Crippen molar-refractivity contribution < 1.29 is 9.18 Å². The van der Waals surface area contributed by atoms with Crippen LogP contribution >= 0.6 is 0 Å². The largest absolute Gasteiger partial charge is 0.343 e. The summed E-state index contributed by atoms with van der Waals surface area (Å²) in [6.07, 6.45) is 3.01. The van der Waals surface area contributed by atoms with E-state index in [9.17, 15) is 9.18 Å². The van der Waals surface area contributed by atoms with Gasteiger partial charge in [0.1, 0.15) is 5.82 Å². The number of carbonyl (C=O) groups excluding carboxylic acids is 1. The number of hydrogen-bond donors (Lipinski definition) is 1. The van der Waals surface area contributed by atoms with Gasteiger partial charge < -0.3 is 5.32 Å². The van der Waals surface area contributed by atoms with E-state index in [0.29, 0.717) is 5.56 Å². The van der Waals surface area contributed by atoms with E-state index < -0.39 is 0 Å². The predicted molar refractivity (Wildman–Crippen MR) is 75.8 cm³/mol. The summed E-state index contributed by atoms with van der Waals surface area (Å²) in [4.78, 5) is 12.3.